The molecule has 0 atom stereocenters. The molecule has 0 unspecified atom stereocenters. The van der Waals surface area contributed by atoms with Gasteiger partial charge in [0.05, 0.1) is 6.20 Å². The van der Waals surface area contributed by atoms with Crippen LogP contribution in [0.15, 0.2) is 41.6 Å². The molecule has 0 saturated carbocycles. The molecule has 0 fully saturated rings. The summed E-state index contributed by atoms with van der Waals surface area (Å²) in [6.07, 6.45) is 3.58. The normalized spacial score (nSPS) is 11.7. The number of anilines is 1. The average Bonchev–Trinajstić information content (AvgIpc) is 2.84. The maximum absolute atomic E-state index is 12.1. The molecule has 7 nitrogen and oxygen atoms in total. The fourth-order valence-corrected chi connectivity index (χ4v) is 2.64. The number of carboxylic acid groups (broad SMARTS) is 1. The molecule has 0 radical (unpaired) electrons. The molecule has 1 aromatic heterocycles. The van der Waals surface area contributed by atoms with E-state index in [0.29, 0.717) is 17.1 Å². The van der Waals surface area contributed by atoms with E-state index in [-0.39, 0.29) is 5.03 Å². The summed E-state index contributed by atoms with van der Waals surface area (Å²) in [6, 6.07) is 6.38. The van der Waals surface area contributed by atoms with Crippen LogP contribution in [0.5, 0.6) is 0 Å². The van der Waals surface area contributed by atoms with E-state index in [0.717, 1.165) is 6.08 Å². The predicted octanol–water partition coefficient (Wildman–Crippen LogP) is 1.62. The Bertz CT molecular complexity index is 793. The number of benzene rings is 1. The van der Waals surface area contributed by atoms with E-state index < -0.39 is 16.0 Å². The molecular weight excluding hydrogens is 294 g/mol. The summed E-state index contributed by atoms with van der Waals surface area (Å²) < 4.78 is 26.6. The molecular formula is C13H13N3O4S. The molecule has 8 heteroatoms. The second-order valence-corrected chi connectivity index (χ2v) is 5.89. The number of aromatic amines is 1. The van der Waals surface area contributed by atoms with Crippen molar-refractivity contribution in [3.8, 4) is 0 Å². The number of aromatic nitrogens is 2. The zero-order valence-electron chi connectivity index (χ0n) is 11.1. The molecule has 0 spiro atoms. The van der Waals surface area contributed by atoms with E-state index in [4.69, 9.17) is 5.11 Å². The predicted molar refractivity (Wildman–Crippen MR) is 77.2 cm³/mol. The number of carbonyl (C=O) groups is 1. The number of imidazole rings is 1. The van der Waals surface area contributed by atoms with E-state index in [1.54, 1.807) is 25.1 Å². The number of H-pyrrole nitrogens is 1. The summed E-state index contributed by atoms with van der Waals surface area (Å²) in [7, 11) is -3.75. The minimum absolute atomic E-state index is 0.0357. The number of aliphatic carboxylic acids is 1. The van der Waals surface area contributed by atoms with E-state index in [2.05, 4.69) is 14.7 Å². The molecule has 2 aromatic rings. The Hall–Kier alpha value is -2.61. The van der Waals surface area contributed by atoms with Crippen LogP contribution in [0, 0.1) is 6.92 Å². The minimum atomic E-state index is -3.75. The monoisotopic (exact) mass is 307 g/mol. The van der Waals surface area contributed by atoms with Gasteiger partial charge in [0.25, 0.3) is 10.0 Å². The number of nitrogens with one attached hydrogen (secondary N) is 2. The van der Waals surface area contributed by atoms with Gasteiger partial charge in [-0.25, -0.2) is 9.78 Å². The Morgan fingerprint density at radius 3 is 2.81 bits per heavy atom. The van der Waals surface area contributed by atoms with Crippen LogP contribution >= 0.6 is 0 Å². The summed E-state index contributed by atoms with van der Waals surface area (Å²) >= 11 is 0. The number of hydrogen-bond acceptors (Lipinski definition) is 4. The lowest BCUT2D eigenvalue weighted by atomic mass is 10.2. The summed E-state index contributed by atoms with van der Waals surface area (Å²) in [4.78, 5) is 16.9. The van der Waals surface area contributed by atoms with Crippen molar-refractivity contribution in [3.63, 3.8) is 0 Å². The molecule has 0 aliphatic rings. The molecule has 0 amide bonds. The minimum Gasteiger partial charge on any atom is -0.478 e. The number of sulfonamides is 1. The summed E-state index contributed by atoms with van der Waals surface area (Å²) in [5.74, 6) is -0.581. The molecule has 1 aromatic carbocycles. The maximum Gasteiger partial charge on any atom is 0.328 e. The topological polar surface area (TPSA) is 112 Å². The third kappa shape index (κ3) is 3.93. The van der Waals surface area contributed by atoms with Crippen molar-refractivity contribution in [3.05, 3.63) is 47.9 Å². The van der Waals surface area contributed by atoms with Gasteiger partial charge in [-0.3, -0.25) is 4.72 Å². The van der Waals surface area contributed by atoms with Crippen LogP contribution in [0.25, 0.3) is 6.08 Å². The van der Waals surface area contributed by atoms with Gasteiger partial charge in [0, 0.05) is 11.8 Å². The van der Waals surface area contributed by atoms with Crippen molar-refractivity contribution in [2.45, 2.75) is 11.9 Å². The standard InChI is InChI=1S/C13H13N3O4S/c1-9-14-8-12(15-9)21(19,20)16-11-4-2-3-10(7-11)5-6-13(17)18/h2-8,16H,1H3,(H,14,15)(H,17,18)/b6-5+. The Kier molecular flexibility index (Phi) is 4.08. The fourth-order valence-electron chi connectivity index (χ4n) is 1.62. The lowest BCUT2D eigenvalue weighted by molar-refractivity contribution is -0.131. The lowest BCUT2D eigenvalue weighted by Gasteiger charge is -2.06. The maximum atomic E-state index is 12.1. The fraction of sp³-hybridized carbons (Fsp3) is 0.0769. The van der Waals surface area contributed by atoms with Gasteiger partial charge in [-0.05, 0) is 30.7 Å². The van der Waals surface area contributed by atoms with Crippen molar-refractivity contribution in [1.82, 2.24) is 9.97 Å². The number of rotatable bonds is 5. The van der Waals surface area contributed by atoms with Gasteiger partial charge in [-0.15, -0.1) is 0 Å². The molecule has 0 saturated heterocycles. The first-order valence-electron chi connectivity index (χ1n) is 5.92. The van der Waals surface area contributed by atoms with Gasteiger partial charge in [0.2, 0.25) is 0 Å². The van der Waals surface area contributed by atoms with Crippen molar-refractivity contribution in [1.29, 1.82) is 0 Å². The van der Waals surface area contributed by atoms with Crippen LogP contribution in [0.1, 0.15) is 11.4 Å². The third-order valence-corrected chi connectivity index (χ3v) is 3.82. The van der Waals surface area contributed by atoms with Crippen LogP contribution in [0.2, 0.25) is 0 Å². The Morgan fingerprint density at radius 1 is 1.43 bits per heavy atom. The molecule has 0 aliphatic carbocycles. The second kappa shape index (κ2) is 5.80. The van der Waals surface area contributed by atoms with Crippen LogP contribution < -0.4 is 4.72 Å². The highest BCUT2D eigenvalue weighted by molar-refractivity contribution is 7.92. The zero-order valence-corrected chi connectivity index (χ0v) is 11.9. The number of nitrogens with zero attached hydrogens (tertiary/aromatic N) is 1. The largest absolute Gasteiger partial charge is 0.478 e. The quantitative estimate of drug-likeness (QED) is 0.727. The summed E-state index contributed by atoms with van der Waals surface area (Å²) in [5.41, 5.74) is 0.896. The van der Waals surface area contributed by atoms with E-state index in [1.807, 2.05) is 0 Å². The zero-order chi connectivity index (χ0) is 15.5. The van der Waals surface area contributed by atoms with Gasteiger partial charge < -0.3 is 10.1 Å². The van der Waals surface area contributed by atoms with E-state index in [1.165, 1.54) is 18.3 Å². The van der Waals surface area contributed by atoms with E-state index >= 15 is 0 Å². The van der Waals surface area contributed by atoms with Gasteiger partial charge >= 0.3 is 5.97 Å². The number of aryl methyl sites for hydroxylation is 1. The third-order valence-electron chi connectivity index (χ3n) is 2.53. The van der Waals surface area contributed by atoms with Gasteiger partial charge in [-0.1, -0.05) is 12.1 Å². The first-order valence-corrected chi connectivity index (χ1v) is 7.41. The average molecular weight is 307 g/mol. The molecule has 1 heterocycles. The molecule has 0 bridgehead atoms. The van der Waals surface area contributed by atoms with Gasteiger partial charge in [-0.2, -0.15) is 8.42 Å². The summed E-state index contributed by atoms with van der Waals surface area (Å²) in [5, 5.41) is 8.54. The smallest absolute Gasteiger partial charge is 0.328 e. The highest BCUT2D eigenvalue weighted by Crippen LogP contribution is 2.16. The van der Waals surface area contributed by atoms with Crippen LogP contribution in [-0.4, -0.2) is 29.5 Å². The molecule has 2 rings (SSSR count). The Morgan fingerprint density at radius 2 is 2.19 bits per heavy atom. The molecule has 0 aliphatic heterocycles. The second-order valence-electron chi connectivity index (χ2n) is 4.24. The number of hydrogen-bond donors (Lipinski definition) is 3. The van der Waals surface area contributed by atoms with E-state index in [9.17, 15) is 13.2 Å². The van der Waals surface area contributed by atoms with Crippen molar-refractivity contribution in [2.24, 2.45) is 0 Å². The van der Waals surface area contributed by atoms with Crippen molar-refractivity contribution in [2.75, 3.05) is 4.72 Å². The van der Waals surface area contributed by atoms with Crippen LogP contribution in [0.3, 0.4) is 0 Å². The molecule has 21 heavy (non-hydrogen) atoms. The molecule has 3 N–H and O–H groups in total. The summed E-state index contributed by atoms with van der Waals surface area (Å²) in [6.45, 7) is 1.65. The number of carboxylic acids is 1. The SMILES string of the molecule is Cc1ncc(S(=O)(=O)Nc2cccc(/C=C/C(=O)O)c2)[nH]1. The van der Waals surface area contributed by atoms with Crippen molar-refractivity contribution >= 4 is 27.8 Å². The lowest BCUT2D eigenvalue weighted by Crippen LogP contribution is -2.13. The van der Waals surface area contributed by atoms with Crippen LogP contribution in [-0.2, 0) is 14.8 Å². The Labute approximate surface area is 121 Å². The van der Waals surface area contributed by atoms with Crippen LogP contribution in [0.4, 0.5) is 5.69 Å². The van der Waals surface area contributed by atoms with Crippen molar-refractivity contribution < 1.29 is 18.3 Å². The first kappa shape index (κ1) is 14.8. The van der Waals surface area contributed by atoms with Gasteiger partial charge in [0.15, 0.2) is 5.03 Å². The first-order chi connectivity index (χ1) is 9.87. The van der Waals surface area contributed by atoms with Gasteiger partial charge in [0.1, 0.15) is 5.82 Å². The highest BCUT2D eigenvalue weighted by Gasteiger charge is 2.16. The molecule has 110 valence electrons. The highest BCUT2D eigenvalue weighted by atomic mass is 32.2. The Balaban J connectivity index is 2.23.